The average Bonchev–Trinajstić information content (AvgIpc) is 2.81. The molecule has 0 aromatic carbocycles. The molecular weight excluding hydrogens is 196 g/mol. The number of rotatable bonds is 1. The minimum Gasteiger partial charge on any atom is -0.396 e. The first-order chi connectivity index (χ1) is 7.52. The quantitative estimate of drug-likeness (QED) is 0.672. The molecule has 0 aromatic heterocycles. The van der Waals surface area contributed by atoms with E-state index < -0.39 is 0 Å². The van der Waals surface area contributed by atoms with Crippen LogP contribution in [0.4, 0.5) is 0 Å². The third-order valence-corrected chi connectivity index (χ3v) is 6.38. The lowest BCUT2D eigenvalue weighted by atomic mass is 9.56. The van der Waals surface area contributed by atoms with Crippen molar-refractivity contribution in [3.63, 3.8) is 0 Å². The maximum Gasteiger partial charge on any atom is 0.0464 e. The van der Waals surface area contributed by atoms with Crippen LogP contribution in [0.5, 0.6) is 0 Å². The number of aliphatic hydroxyl groups is 1. The van der Waals surface area contributed by atoms with Crippen molar-refractivity contribution in [3.8, 4) is 0 Å². The molecule has 0 radical (unpaired) electrons. The summed E-state index contributed by atoms with van der Waals surface area (Å²) in [7, 11) is 0. The third kappa shape index (κ3) is 1.06. The van der Waals surface area contributed by atoms with Crippen LogP contribution in [0.3, 0.4) is 0 Å². The lowest BCUT2D eigenvalue weighted by Gasteiger charge is -2.49. The van der Waals surface area contributed by atoms with E-state index >= 15 is 0 Å². The molecule has 0 aliphatic heterocycles. The molecule has 16 heavy (non-hydrogen) atoms. The fourth-order valence-corrected chi connectivity index (χ4v) is 5.14. The summed E-state index contributed by atoms with van der Waals surface area (Å²) in [6, 6.07) is 0. The van der Waals surface area contributed by atoms with Crippen LogP contribution in [0, 0.1) is 28.6 Å². The summed E-state index contributed by atoms with van der Waals surface area (Å²) >= 11 is 0. The number of hydrogen-bond donors (Lipinski definition) is 1. The molecule has 1 heteroatoms. The van der Waals surface area contributed by atoms with E-state index in [0.29, 0.717) is 29.3 Å². The van der Waals surface area contributed by atoms with Gasteiger partial charge in [-0.05, 0) is 60.7 Å². The Kier molecular flexibility index (Phi) is 2.12. The van der Waals surface area contributed by atoms with Crippen molar-refractivity contribution in [3.05, 3.63) is 12.2 Å². The third-order valence-electron chi connectivity index (χ3n) is 6.38. The number of hydrogen-bond acceptors (Lipinski definition) is 1. The van der Waals surface area contributed by atoms with E-state index in [-0.39, 0.29) is 0 Å². The predicted molar refractivity (Wildman–Crippen MR) is 66.0 cm³/mol. The molecule has 3 aliphatic carbocycles. The van der Waals surface area contributed by atoms with Crippen molar-refractivity contribution in [2.45, 2.75) is 46.0 Å². The fourth-order valence-electron chi connectivity index (χ4n) is 5.14. The molecule has 1 nitrogen and oxygen atoms in total. The molecule has 2 unspecified atom stereocenters. The van der Waals surface area contributed by atoms with E-state index in [4.69, 9.17) is 0 Å². The molecule has 2 bridgehead atoms. The summed E-state index contributed by atoms with van der Waals surface area (Å²) < 4.78 is 0. The molecule has 3 fully saturated rings. The van der Waals surface area contributed by atoms with Gasteiger partial charge in [-0.3, -0.25) is 0 Å². The van der Waals surface area contributed by atoms with E-state index in [1.54, 1.807) is 0 Å². The van der Waals surface area contributed by atoms with Crippen LogP contribution in [0.25, 0.3) is 0 Å². The summed E-state index contributed by atoms with van der Waals surface area (Å²) in [6.45, 7) is 9.61. The second kappa shape index (κ2) is 3.13. The molecule has 0 saturated heterocycles. The SMILES string of the molecule is C=C1C2CCC(CO)[C@@]23CC[C@H](C3)C1(C)C. The van der Waals surface area contributed by atoms with Gasteiger partial charge >= 0.3 is 0 Å². The second-order valence-corrected chi connectivity index (χ2v) is 6.93. The summed E-state index contributed by atoms with van der Waals surface area (Å²) in [6.07, 6.45) is 6.56. The Hall–Kier alpha value is -0.300. The number of aliphatic hydroxyl groups excluding tert-OH is 1. The van der Waals surface area contributed by atoms with E-state index in [0.717, 1.165) is 5.92 Å². The first kappa shape index (κ1) is 10.8. The maximum absolute atomic E-state index is 9.61. The summed E-state index contributed by atoms with van der Waals surface area (Å²) in [5.41, 5.74) is 2.29. The Balaban J connectivity index is 2.03. The summed E-state index contributed by atoms with van der Waals surface area (Å²) in [5.74, 6) is 2.09. The molecule has 1 N–H and O–H groups in total. The normalized spacial score (nSPS) is 49.4. The van der Waals surface area contributed by atoms with E-state index in [2.05, 4.69) is 20.4 Å². The van der Waals surface area contributed by atoms with Gasteiger partial charge in [0.15, 0.2) is 0 Å². The zero-order chi connectivity index (χ0) is 11.6. The zero-order valence-corrected chi connectivity index (χ0v) is 10.6. The average molecular weight is 220 g/mol. The Labute approximate surface area is 98.9 Å². The van der Waals surface area contributed by atoms with Gasteiger partial charge in [-0.2, -0.15) is 0 Å². The van der Waals surface area contributed by atoms with Crippen LogP contribution < -0.4 is 0 Å². The molecule has 0 amide bonds. The molecule has 0 heterocycles. The second-order valence-electron chi connectivity index (χ2n) is 6.93. The van der Waals surface area contributed by atoms with Crippen molar-refractivity contribution in [1.82, 2.24) is 0 Å². The number of fused-ring (bicyclic) bond motifs is 1. The topological polar surface area (TPSA) is 20.2 Å². The van der Waals surface area contributed by atoms with Crippen molar-refractivity contribution < 1.29 is 5.11 Å². The molecule has 0 aromatic rings. The lowest BCUT2D eigenvalue weighted by Crippen LogP contribution is -2.41. The van der Waals surface area contributed by atoms with Crippen LogP contribution in [0.15, 0.2) is 12.2 Å². The molecule has 1 spiro atoms. The predicted octanol–water partition coefficient (Wildman–Crippen LogP) is 3.39. The Morgan fingerprint density at radius 2 is 2.06 bits per heavy atom. The van der Waals surface area contributed by atoms with Gasteiger partial charge in [-0.25, -0.2) is 0 Å². The Morgan fingerprint density at radius 1 is 1.31 bits per heavy atom. The van der Waals surface area contributed by atoms with Gasteiger partial charge in [0.2, 0.25) is 0 Å². The Morgan fingerprint density at radius 3 is 2.75 bits per heavy atom. The van der Waals surface area contributed by atoms with Gasteiger partial charge < -0.3 is 5.11 Å². The van der Waals surface area contributed by atoms with Crippen LogP contribution in [0.2, 0.25) is 0 Å². The van der Waals surface area contributed by atoms with Crippen LogP contribution in [-0.4, -0.2) is 11.7 Å². The smallest absolute Gasteiger partial charge is 0.0464 e. The monoisotopic (exact) mass is 220 g/mol. The molecule has 90 valence electrons. The van der Waals surface area contributed by atoms with Gasteiger partial charge in [-0.1, -0.05) is 26.0 Å². The molecule has 3 saturated carbocycles. The van der Waals surface area contributed by atoms with Crippen LogP contribution in [0.1, 0.15) is 46.0 Å². The first-order valence-corrected chi connectivity index (χ1v) is 6.82. The fraction of sp³-hybridized carbons (Fsp3) is 0.867. The zero-order valence-electron chi connectivity index (χ0n) is 10.6. The highest BCUT2D eigenvalue weighted by Crippen LogP contribution is 2.69. The van der Waals surface area contributed by atoms with Crippen LogP contribution >= 0.6 is 0 Å². The van der Waals surface area contributed by atoms with Gasteiger partial charge in [0, 0.05) is 6.61 Å². The minimum atomic E-state index is 0.342. The van der Waals surface area contributed by atoms with Gasteiger partial charge in [0.1, 0.15) is 0 Å². The highest BCUT2D eigenvalue weighted by atomic mass is 16.3. The Bertz CT molecular complexity index is 330. The largest absolute Gasteiger partial charge is 0.396 e. The molecule has 4 atom stereocenters. The molecular formula is C15H24O. The minimum absolute atomic E-state index is 0.342. The lowest BCUT2D eigenvalue weighted by molar-refractivity contribution is 0.0515. The highest BCUT2D eigenvalue weighted by molar-refractivity contribution is 5.27. The molecule has 3 aliphatic rings. The standard InChI is InChI=1S/C15H24O/c1-10-13-5-4-12(9-16)15(13)7-6-11(8-15)14(10,2)3/h11-13,16H,1,4-9H2,2-3H3/t11-,12?,13?,15+/m1/s1. The summed E-state index contributed by atoms with van der Waals surface area (Å²) in [5, 5.41) is 9.61. The van der Waals surface area contributed by atoms with E-state index in [9.17, 15) is 5.11 Å². The van der Waals surface area contributed by atoms with Gasteiger partial charge in [-0.15, -0.1) is 0 Å². The van der Waals surface area contributed by atoms with Gasteiger partial charge in [0.05, 0.1) is 0 Å². The first-order valence-electron chi connectivity index (χ1n) is 6.82. The van der Waals surface area contributed by atoms with E-state index in [1.165, 1.54) is 37.7 Å². The van der Waals surface area contributed by atoms with Crippen molar-refractivity contribution in [2.75, 3.05) is 6.61 Å². The van der Waals surface area contributed by atoms with Crippen molar-refractivity contribution >= 4 is 0 Å². The summed E-state index contributed by atoms with van der Waals surface area (Å²) in [4.78, 5) is 0. The molecule has 3 rings (SSSR count). The number of allylic oxidation sites excluding steroid dienone is 1. The van der Waals surface area contributed by atoms with E-state index in [1.807, 2.05) is 0 Å². The highest BCUT2D eigenvalue weighted by Gasteiger charge is 2.61. The maximum atomic E-state index is 9.61. The van der Waals surface area contributed by atoms with Gasteiger partial charge in [0.25, 0.3) is 0 Å². The van der Waals surface area contributed by atoms with Crippen molar-refractivity contribution in [2.24, 2.45) is 28.6 Å². The van der Waals surface area contributed by atoms with Crippen LogP contribution in [-0.2, 0) is 0 Å². The van der Waals surface area contributed by atoms with Crippen molar-refractivity contribution in [1.29, 1.82) is 0 Å².